The Kier molecular flexibility index (Phi) is 7.39. The number of fused-ring (bicyclic) bond motifs is 1. The van der Waals surface area contributed by atoms with Crippen LogP contribution in [0.5, 0.6) is 5.75 Å². The molecule has 41 heavy (non-hydrogen) atoms. The van der Waals surface area contributed by atoms with Gasteiger partial charge in [0.25, 0.3) is 0 Å². The average molecular weight is 551 g/mol. The summed E-state index contributed by atoms with van der Waals surface area (Å²) in [6.07, 6.45) is 6.94. The quantitative estimate of drug-likeness (QED) is 0.328. The Hall–Kier alpha value is -3.60. The number of aryl methyl sites for hydroxylation is 4. The summed E-state index contributed by atoms with van der Waals surface area (Å²) in [5.74, 6) is 0.275. The molecule has 5 nitrogen and oxygen atoms in total. The van der Waals surface area contributed by atoms with E-state index in [-0.39, 0.29) is 23.7 Å². The van der Waals surface area contributed by atoms with Gasteiger partial charge in [-0.2, -0.15) is 0 Å². The highest BCUT2D eigenvalue weighted by Crippen LogP contribution is 2.64. The molecule has 1 amide bonds. The number of rotatable bonds is 10. The lowest BCUT2D eigenvalue weighted by Gasteiger charge is -2.20. The number of carbonyl (C=O) groups is 2. The van der Waals surface area contributed by atoms with Crippen LogP contribution in [0, 0.1) is 26.2 Å². The Balaban J connectivity index is 1.14. The van der Waals surface area contributed by atoms with Crippen LogP contribution < -0.4 is 9.84 Å². The lowest BCUT2D eigenvalue weighted by Crippen LogP contribution is -2.29. The highest BCUT2D eigenvalue weighted by atomic mass is 16.5. The molecule has 2 fully saturated rings. The minimum atomic E-state index is -0.934. The van der Waals surface area contributed by atoms with Crippen molar-refractivity contribution < 1.29 is 19.4 Å². The predicted molar refractivity (Wildman–Crippen MR) is 159 cm³/mol. The summed E-state index contributed by atoms with van der Waals surface area (Å²) in [4.78, 5) is 25.2. The third-order valence-electron chi connectivity index (χ3n) is 9.83. The van der Waals surface area contributed by atoms with Crippen molar-refractivity contribution >= 4 is 11.9 Å². The zero-order chi connectivity index (χ0) is 28.7. The maximum atomic E-state index is 11.9. The van der Waals surface area contributed by atoms with Crippen LogP contribution in [0.25, 0.3) is 11.1 Å². The molecule has 1 atom stereocenters. The Morgan fingerprint density at radius 3 is 2.51 bits per heavy atom. The predicted octanol–water partition coefficient (Wildman–Crippen LogP) is 5.63. The minimum absolute atomic E-state index is 0.119. The Morgan fingerprint density at radius 1 is 1.05 bits per heavy atom. The van der Waals surface area contributed by atoms with E-state index in [9.17, 15) is 14.7 Å². The largest absolute Gasteiger partial charge is 0.550 e. The van der Waals surface area contributed by atoms with E-state index in [1.54, 1.807) is 0 Å². The smallest absolute Gasteiger partial charge is 0.222 e. The molecule has 0 N–H and O–H groups in total. The fourth-order valence-corrected chi connectivity index (χ4v) is 7.47. The van der Waals surface area contributed by atoms with Crippen LogP contribution in [0.15, 0.2) is 48.5 Å². The highest BCUT2D eigenvalue weighted by molar-refractivity contribution is 5.78. The van der Waals surface area contributed by atoms with Gasteiger partial charge in [0.1, 0.15) is 12.4 Å². The minimum Gasteiger partial charge on any atom is -0.550 e. The molecule has 1 spiro atoms. The highest BCUT2D eigenvalue weighted by Gasteiger charge is 2.53. The second kappa shape index (κ2) is 11.0. The van der Waals surface area contributed by atoms with Crippen LogP contribution in [0.4, 0.5) is 0 Å². The van der Waals surface area contributed by atoms with E-state index >= 15 is 0 Å². The number of carbonyl (C=O) groups excluding carboxylic acids is 2. The molecule has 0 aromatic heterocycles. The molecule has 1 unspecified atom stereocenters. The van der Waals surface area contributed by atoms with Gasteiger partial charge in [0.2, 0.25) is 5.91 Å². The Morgan fingerprint density at radius 2 is 1.83 bits per heavy atom. The molecule has 3 aliphatic rings. The van der Waals surface area contributed by atoms with Crippen LogP contribution in [0.3, 0.4) is 0 Å². The first-order valence-electron chi connectivity index (χ1n) is 15.2. The second-order valence-corrected chi connectivity index (χ2v) is 12.6. The van der Waals surface area contributed by atoms with Crippen molar-refractivity contribution in [3.63, 3.8) is 0 Å². The molecular weight excluding hydrogens is 510 g/mol. The number of nitrogens with zero attached hydrogens (tertiary/aromatic N) is 1. The van der Waals surface area contributed by atoms with Gasteiger partial charge < -0.3 is 19.5 Å². The summed E-state index contributed by atoms with van der Waals surface area (Å²) in [5, 5.41) is 11.4. The zero-order valence-electron chi connectivity index (χ0n) is 24.6. The van der Waals surface area contributed by atoms with E-state index in [1.165, 1.54) is 50.1 Å². The number of likely N-dealkylation sites (tertiary alicyclic amines) is 1. The third-order valence-corrected chi connectivity index (χ3v) is 9.83. The van der Waals surface area contributed by atoms with Crippen molar-refractivity contribution in [2.24, 2.45) is 5.41 Å². The number of hydrogen-bond donors (Lipinski definition) is 0. The van der Waals surface area contributed by atoms with Gasteiger partial charge >= 0.3 is 0 Å². The normalized spacial score (nSPS) is 18.7. The number of hydrogen-bond acceptors (Lipinski definition) is 4. The molecule has 3 aromatic rings. The summed E-state index contributed by atoms with van der Waals surface area (Å²) in [7, 11) is 0. The van der Waals surface area contributed by atoms with Crippen molar-refractivity contribution in [1.82, 2.24) is 4.90 Å². The van der Waals surface area contributed by atoms with E-state index in [0.717, 1.165) is 50.8 Å². The van der Waals surface area contributed by atoms with Crippen molar-refractivity contribution in [1.29, 1.82) is 0 Å². The number of carboxylic acids is 1. The summed E-state index contributed by atoms with van der Waals surface area (Å²) in [6, 6.07) is 17.6. The van der Waals surface area contributed by atoms with Crippen LogP contribution in [0.1, 0.15) is 77.0 Å². The summed E-state index contributed by atoms with van der Waals surface area (Å²) < 4.78 is 6.06. The molecule has 214 valence electrons. The first kappa shape index (κ1) is 27.6. The lowest BCUT2D eigenvalue weighted by atomic mass is 9.86. The van der Waals surface area contributed by atoms with Crippen LogP contribution in [0.2, 0.25) is 0 Å². The summed E-state index contributed by atoms with van der Waals surface area (Å²) in [5.41, 5.74) is 11.6. The van der Waals surface area contributed by atoms with Crippen LogP contribution >= 0.6 is 0 Å². The molecule has 1 heterocycles. The molecule has 1 saturated carbocycles. The van der Waals surface area contributed by atoms with Gasteiger partial charge in [-0.1, -0.05) is 36.4 Å². The maximum absolute atomic E-state index is 11.9. The maximum Gasteiger partial charge on any atom is 0.222 e. The van der Waals surface area contributed by atoms with E-state index in [2.05, 4.69) is 69.3 Å². The summed E-state index contributed by atoms with van der Waals surface area (Å²) >= 11 is 0. The van der Waals surface area contributed by atoms with Gasteiger partial charge in [0.05, 0.1) is 6.54 Å². The molecule has 5 heteroatoms. The van der Waals surface area contributed by atoms with Gasteiger partial charge in [0.15, 0.2) is 0 Å². The number of aliphatic carboxylic acids is 1. The van der Waals surface area contributed by atoms with Crippen molar-refractivity contribution in [3.05, 3.63) is 87.5 Å². The molecule has 1 saturated heterocycles. The van der Waals surface area contributed by atoms with E-state index < -0.39 is 5.97 Å². The Bertz CT molecular complexity index is 1480. The molecular formula is C36H40NO4-. The van der Waals surface area contributed by atoms with Gasteiger partial charge in [-0.15, -0.1) is 0 Å². The topological polar surface area (TPSA) is 69.7 Å². The standard InChI is InChI=1S/C36H41NO4/c1-23-18-29(41-17-16-37-15-5-8-33(37)38)19-24(2)35(23)30-7-4-6-27(25(30)3)11-9-26-10-12-31-28(20-26)22-36(13-14-36)32(31)21-34(39)40/h4,6-7,10,12,18-20,32H,5,8-9,11,13-17,21-22H2,1-3H3,(H,39,40)/p-1. The van der Waals surface area contributed by atoms with E-state index in [0.29, 0.717) is 19.6 Å². The van der Waals surface area contributed by atoms with Crippen LogP contribution in [-0.4, -0.2) is 36.5 Å². The molecule has 3 aromatic carbocycles. The number of carboxylic acid groups (broad SMARTS) is 1. The first-order chi connectivity index (χ1) is 19.7. The SMILES string of the molecule is Cc1cc(OCCN2CCCC2=O)cc(C)c1-c1cccc(CCc2ccc3c(c2)CC2(CC2)C3CC(=O)[O-])c1C. The van der Waals surface area contributed by atoms with Crippen molar-refractivity contribution in [3.8, 4) is 16.9 Å². The first-order valence-corrected chi connectivity index (χ1v) is 15.2. The fourth-order valence-electron chi connectivity index (χ4n) is 7.47. The van der Waals surface area contributed by atoms with Crippen LogP contribution in [-0.2, 0) is 28.9 Å². The monoisotopic (exact) mass is 550 g/mol. The van der Waals surface area contributed by atoms with Gasteiger partial charge in [0, 0.05) is 18.9 Å². The molecule has 0 bridgehead atoms. The number of benzene rings is 3. The summed E-state index contributed by atoms with van der Waals surface area (Å²) in [6.45, 7) is 8.52. The molecule has 1 aliphatic heterocycles. The van der Waals surface area contributed by atoms with Gasteiger partial charge in [-0.05, 0) is 139 Å². The fraction of sp³-hybridized carbons (Fsp3) is 0.444. The Labute approximate surface area is 243 Å². The van der Waals surface area contributed by atoms with E-state index in [1.807, 2.05) is 4.90 Å². The molecule has 0 radical (unpaired) electrons. The molecule has 2 aliphatic carbocycles. The average Bonchev–Trinajstić information content (AvgIpc) is 3.49. The zero-order valence-corrected chi connectivity index (χ0v) is 24.6. The number of amides is 1. The van der Waals surface area contributed by atoms with Gasteiger partial charge in [-0.25, -0.2) is 0 Å². The third kappa shape index (κ3) is 5.51. The lowest BCUT2D eigenvalue weighted by molar-refractivity contribution is -0.306. The van der Waals surface area contributed by atoms with Crippen molar-refractivity contribution in [2.45, 2.75) is 78.1 Å². The molecule has 6 rings (SSSR count). The van der Waals surface area contributed by atoms with Gasteiger partial charge in [-0.3, -0.25) is 4.79 Å². The number of ether oxygens (including phenoxy) is 1. The van der Waals surface area contributed by atoms with Crippen molar-refractivity contribution in [2.75, 3.05) is 19.7 Å². The van der Waals surface area contributed by atoms with E-state index in [4.69, 9.17) is 4.74 Å². The second-order valence-electron chi connectivity index (χ2n) is 12.6.